The highest BCUT2D eigenvalue weighted by Crippen LogP contribution is 2.23. The monoisotopic (exact) mass is 218 g/mol. The summed E-state index contributed by atoms with van der Waals surface area (Å²) in [6.07, 6.45) is 0. The summed E-state index contributed by atoms with van der Waals surface area (Å²) in [6, 6.07) is 5.65. The van der Waals surface area contributed by atoms with Gasteiger partial charge in [-0.3, -0.25) is 0 Å². The first kappa shape index (κ1) is 10.4. The molecule has 0 radical (unpaired) electrons. The number of hydrogen-bond acceptors (Lipinski definition) is 4. The van der Waals surface area contributed by atoms with Crippen LogP contribution in [0.5, 0.6) is 0 Å². The Kier molecular flexibility index (Phi) is 2.44. The first-order chi connectivity index (χ1) is 7.59. The summed E-state index contributed by atoms with van der Waals surface area (Å²) in [5.41, 5.74) is 2.86. The molecule has 0 saturated heterocycles. The highest BCUT2D eigenvalue weighted by molar-refractivity contribution is 5.83. The average Bonchev–Trinajstić information content (AvgIpc) is 2.71. The lowest BCUT2D eigenvalue weighted by Gasteiger charge is -2.02. The summed E-state index contributed by atoms with van der Waals surface area (Å²) >= 11 is 0. The molecule has 82 valence electrons. The zero-order valence-electron chi connectivity index (χ0n) is 8.89. The number of carboxylic acids is 1. The van der Waals surface area contributed by atoms with E-state index >= 15 is 0 Å². The van der Waals surface area contributed by atoms with Crippen LogP contribution in [0.25, 0.3) is 11.5 Å². The summed E-state index contributed by atoms with van der Waals surface area (Å²) in [5, 5.41) is 12.1. The summed E-state index contributed by atoms with van der Waals surface area (Å²) in [5.74, 6) is -1.28. The van der Waals surface area contributed by atoms with E-state index in [1.807, 2.05) is 32.0 Å². The molecule has 5 heteroatoms. The fraction of sp³-hybridized carbons (Fsp3) is 0.182. The van der Waals surface area contributed by atoms with Crippen LogP contribution in [0, 0.1) is 13.8 Å². The number of hydrogen-bond donors (Lipinski definition) is 1. The second kappa shape index (κ2) is 3.77. The van der Waals surface area contributed by atoms with Crippen molar-refractivity contribution < 1.29 is 14.4 Å². The fourth-order valence-corrected chi connectivity index (χ4v) is 1.40. The lowest BCUT2D eigenvalue weighted by Crippen LogP contribution is -1.98. The molecule has 0 aliphatic heterocycles. The smallest absolute Gasteiger partial charge is 0.377 e. The van der Waals surface area contributed by atoms with Crippen LogP contribution in [0.15, 0.2) is 22.7 Å². The maximum absolute atomic E-state index is 10.6. The van der Waals surface area contributed by atoms with E-state index < -0.39 is 5.97 Å². The molecule has 1 aromatic carbocycles. The lowest BCUT2D eigenvalue weighted by atomic mass is 10.0. The number of nitrogens with zero attached hydrogens (tertiary/aromatic N) is 2. The van der Waals surface area contributed by atoms with Crippen molar-refractivity contribution in [1.82, 2.24) is 10.1 Å². The fourth-order valence-electron chi connectivity index (χ4n) is 1.40. The third kappa shape index (κ3) is 1.67. The van der Waals surface area contributed by atoms with Crippen molar-refractivity contribution in [2.45, 2.75) is 13.8 Å². The molecule has 2 aromatic rings. The third-order valence-corrected chi connectivity index (χ3v) is 2.45. The van der Waals surface area contributed by atoms with Gasteiger partial charge >= 0.3 is 5.97 Å². The standard InChI is InChI=1S/C11H10N2O3/c1-6-4-3-5-8(7(6)2)10-12-9(11(14)15)13-16-10/h3-5H,1-2H3,(H,14,15). The van der Waals surface area contributed by atoms with Gasteiger partial charge in [-0.05, 0) is 36.2 Å². The second-order valence-electron chi connectivity index (χ2n) is 3.48. The van der Waals surface area contributed by atoms with E-state index in [4.69, 9.17) is 9.63 Å². The number of benzene rings is 1. The van der Waals surface area contributed by atoms with Gasteiger partial charge in [0.25, 0.3) is 11.7 Å². The molecular weight excluding hydrogens is 208 g/mol. The molecule has 16 heavy (non-hydrogen) atoms. The lowest BCUT2D eigenvalue weighted by molar-refractivity contribution is 0.0680. The number of aryl methyl sites for hydroxylation is 1. The Morgan fingerprint density at radius 1 is 1.38 bits per heavy atom. The van der Waals surface area contributed by atoms with Crippen LogP contribution in [0.2, 0.25) is 0 Å². The van der Waals surface area contributed by atoms with Crippen molar-refractivity contribution >= 4 is 5.97 Å². The largest absolute Gasteiger partial charge is 0.475 e. The average molecular weight is 218 g/mol. The van der Waals surface area contributed by atoms with E-state index in [1.54, 1.807) is 0 Å². The van der Waals surface area contributed by atoms with Crippen LogP contribution < -0.4 is 0 Å². The molecule has 0 aliphatic carbocycles. The molecule has 0 amide bonds. The Hall–Kier alpha value is -2.17. The molecule has 1 heterocycles. The molecule has 1 aromatic heterocycles. The molecule has 0 atom stereocenters. The molecule has 0 bridgehead atoms. The molecule has 0 aliphatic rings. The van der Waals surface area contributed by atoms with Gasteiger partial charge in [-0.15, -0.1) is 0 Å². The molecule has 0 saturated carbocycles. The summed E-state index contributed by atoms with van der Waals surface area (Å²) < 4.78 is 4.91. The van der Waals surface area contributed by atoms with Gasteiger partial charge in [-0.25, -0.2) is 4.79 Å². The van der Waals surface area contributed by atoms with E-state index in [0.29, 0.717) is 0 Å². The van der Waals surface area contributed by atoms with Gasteiger partial charge < -0.3 is 9.63 Å². The van der Waals surface area contributed by atoms with Crippen molar-refractivity contribution in [3.8, 4) is 11.5 Å². The van der Waals surface area contributed by atoms with Gasteiger partial charge in [0.2, 0.25) is 0 Å². The maximum Gasteiger partial charge on any atom is 0.377 e. The third-order valence-electron chi connectivity index (χ3n) is 2.45. The molecular formula is C11H10N2O3. The van der Waals surface area contributed by atoms with E-state index in [1.165, 1.54) is 0 Å². The minimum absolute atomic E-state index is 0.235. The number of carbonyl (C=O) groups is 1. The Bertz CT molecular complexity index is 546. The zero-order chi connectivity index (χ0) is 11.7. The first-order valence-corrected chi connectivity index (χ1v) is 4.73. The number of aromatic carboxylic acids is 1. The topological polar surface area (TPSA) is 76.2 Å². The predicted octanol–water partition coefficient (Wildman–Crippen LogP) is 2.05. The van der Waals surface area contributed by atoms with Crippen LogP contribution in [-0.2, 0) is 0 Å². The van der Waals surface area contributed by atoms with Crippen molar-refractivity contribution in [1.29, 1.82) is 0 Å². The minimum atomic E-state index is -1.19. The quantitative estimate of drug-likeness (QED) is 0.834. The Balaban J connectivity index is 2.50. The molecule has 0 spiro atoms. The molecule has 0 unspecified atom stereocenters. The Morgan fingerprint density at radius 2 is 2.12 bits per heavy atom. The van der Waals surface area contributed by atoms with E-state index in [2.05, 4.69) is 10.1 Å². The van der Waals surface area contributed by atoms with Crippen molar-refractivity contribution in [3.05, 3.63) is 35.2 Å². The van der Waals surface area contributed by atoms with Crippen LogP contribution >= 0.6 is 0 Å². The van der Waals surface area contributed by atoms with E-state index in [-0.39, 0.29) is 11.7 Å². The van der Waals surface area contributed by atoms with Gasteiger partial charge in [-0.2, -0.15) is 4.98 Å². The SMILES string of the molecule is Cc1cccc(-c2nc(C(=O)O)no2)c1C. The first-order valence-electron chi connectivity index (χ1n) is 4.73. The van der Waals surface area contributed by atoms with E-state index in [0.717, 1.165) is 16.7 Å². The Morgan fingerprint density at radius 3 is 2.75 bits per heavy atom. The van der Waals surface area contributed by atoms with Crippen molar-refractivity contribution in [3.63, 3.8) is 0 Å². The highest BCUT2D eigenvalue weighted by Gasteiger charge is 2.15. The molecule has 1 N–H and O–H groups in total. The van der Waals surface area contributed by atoms with Gasteiger partial charge in [0, 0.05) is 5.56 Å². The zero-order valence-corrected chi connectivity index (χ0v) is 8.89. The molecule has 0 fully saturated rings. The van der Waals surface area contributed by atoms with Crippen molar-refractivity contribution in [2.24, 2.45) is 0 Å². The maximum atomic E-state index is 10.6. The van der Waals surface area contributed by atoms with Gasteiger partial charge in [0.05, 0.1) is 0 Å². The number of rotatable bonds is 2. The summed E-state index contributed by atoms with van der Waals surface area (Å²) in [7, 11) is 0. The van der Waals surface area contributed by atoms with Crippen LogP contribution in [0.1, 0.15) is 21.7 Å². The van der Waals surface area contributed by atoms with Gasteiger partial charge in [0.15, 0.2) is 0 Å². The molecule has 5 nitrogen and oxygen atoms in total. The highest BCUT2D eigenvalue weighted by atomic mass is 16.5. The van der Waals surface area contributed by atoms with Gasteiger partial charge in [-0.1, -0.05) is 12.1 Å². The van der Waals surface area contributed by atoms with Gasteiger partial charge in [0.1, 0.15) is 0 Å². The van der Waals surface area contributed by atoms with Crippen LogP contribution in [0.4, 0.5) is 0 Å². The van der Waals surface area contributed by atoms with Crippen LogP contribution in [0.3, 0.4) is 0 Å². The minimum Gasteiger partial charge on any atom is -0.475 e. The second-order valence-corrected chi connectivity index (χ2v) is 3.48. The summed E-state index contributed by atoms with van der Waals surface area (Å²) in [6.45, 7) is 3.89. The number of carboxylic acid groups (broad SMARTS) is 1. The van der Waals surface area contributed by atoms with Crippen LogP contribution in [-0.4, -0.2) is 21.2 Å². The van der Waals surface area contributed by atoms with Crippen molar-refractivity contribution in [2.75, 3.05) is 0 Å². The number of aromatic nitrogens is 2. The predicted molar refractivity (Wildman–Crippen MR) is 56.2 cm³/mol. The summed E-state index contributed by atoms with van der Waals surface area (Å²) in [4.78, 5) is 14.4. The van der Waals surface area contributed by atoms with E-state index in [9.17, 15) is 4.79 Å². The normalized spacial score (nSPS) is 10.4. The Labute approximate surface area is 91.7 Å². The molecule has 2 rings (SSSR count).